The van der Waals surface area contributed by atoms with E-state index in [2.05, 4.69) is 30.5 Å². The fourth-order valence-electron chi connectivity index (χ4n) is 2.30. The fourth-order valence-corrected chi connectivity index (χ4v) is 3.36. The van der Waals surface area contributed by atoms with Crippen LogP contribution in [0.25, 0.3) is 0 Å². The van der Waals surface area contributed by atoms with Gasteiger partial charge in [0.2, 0.25) is 10.0 Å². The minimum Gasteiger partial charge on any atom is -0.355 e. The first kappa shape index (κ1) is 19.9. The van der Waals surface area contributed by atoms with Crippen molar-refractivity contribution in [3.05, 3.63) is 42.5 Å². The summed E-state index contributed by atoms with van der Waals surface area (Å²) in [4.78, 5) is 4.37. The van der Waals surface area contributed by atoms with Crippen molar-refractivity contribution in [3.63, 3.8) is 0 Å². The highest BCUT2D eigenvalue weighted by Crippen LogP contribution is 2.06. The van der Waals surface area contributed by atoms with Gasteiger partial charge < -0.3 is 15.2 Å². The highest BCUT2D eigenvalue weighted by molar-refractivity contribution is 7.89. The monoisotopic (exact) mass is 379 g/mol. The molecule has 0 saturated carbocycles. The van der Waals surface area contributed by atoms with Crippen LogP contribution in [0.1, 0.15) is 12.7 Å². The normalized spacial score (nSPS) is 12.2. The quantitative estimate of drug-likeness (QED) is 0.321. The molecule has 10 heteroatoms. The summed E-state index contributed by atoms with van der Waals surface area (Å²) in [5.41, 5.74) is 0. The summed E-state index contributed by atoms with van der Waals surface area (Å²) in [6.07, 6.45) is 2.53. The first-order valence-corrected chi connectivity index (χ1v) is 9.91. The van der Waals surface area contributed by atoms with Crippen LogP contribution in [-0.4, -0.2) is 55.8 Å². The van der Waals surface area contributed by atoms with Gasteiger partial charge in [-0.05, 0) is 12.1 Å². The van der Waals surface area contributed by atoms with Gasteiger partial charge in [-0.1, -0.05) is 25.1 Å². The lowest BCUT2D eigenvalue weighted by Crippen LogP contribution is -2.42. The SMILES string of the molecule is CCc1nncn1CCNC(=NC)NCCNS(=O)(=O)c1ccccc1. The molecule has 0 atom stereocenters. The Kier molecular flexibility index (Phi) is 7.54. The third-order valence-corrected chi connectivity index (χ3v) is 5.12. The Hall–Kier alpha value is -2.46. The van der Waals surface area contributed by atoms with Crippen molar-refractivity contribution in [2.24, 2.45) is 4.99 Å². The zero-order chi connectivity index (χ0) is 18.8. The fraction of sp³-hybridized carbons (Fsp3) is 0.438. The molecule has 1 aromatic carbocycles. The minimum atomic E-state index is -3.49. The summed E-state index contributed by atoms with van der Waals surface area (Å²) < 4.78 is 28.8. The van der Waals surface area contributed by atoms with Crippen LogP contribution >= 0.6 is 0 Å². The second kappa shape index (κ2) is 9.88. The van der Waals surface area contributed by atoms with Gasteiger partial charge in [0, 0.05) is 39.6 Å². The van der Waals surface area contributed by atoms with Crippen LogP contribution < -0.4 is 15.4 Å². The van der Waals surface area contributed by atoms with Crippen molar-refractivity contribution in [1.29, 1.82) is 0 Å². The van der Waals surface area contributed by atoms with E-state index < -0.39 is 10.0 Å². The summed E-state index contributed by atoms with van der Waals surface area (Å²) in [7, 11) is -1.82. The first-order chi connectivity index (χ1) is 12.6. The van der Waals surface area contributed by atoms with Gasteiger partial charge >= 0.3 is 0 Å². The summed E-state index contributed by atoms with van der Waals surface area (Å²) in [5.74, 6) is 1.54. The van der Waals surface area contributed by atoms with E-state index in [1.165, 1.54) is 0 Å². The lowest BCUT2D eigenvalue weighted by Gasteiger charge is -2.13. The molecule has 0 saturated heterocycles. The lowest BCUT2D eigenvalue weighted by atomic mass is 10.4. The van der Waals surface area contributed by atoms with Gasteiger partial charge in [-0.25, -0.2) is 13.1 Å². The maximum absolute atomic E-state index is 12.1. The van der Waals surface area contributed by atoms with Crippen LogP contribution in [0, 0.1) is 0 Å². The van der Waals surface area contributed by atoms with Crippen LogP contribution in [0.15, 0.2) is 46.5 Å². The number of hydrogen-bond acceptors (Lipinski definition) is 5. The van der Waals surface area contributed by atoms with Gasteiger partial charge in [-0.2, -0.15) is 0 Å². The van der Waals surface area contributed by atoms with Gasteiger partial charge in [0.1, 0.15) is 12.2 Å². The van der Waals surface area contributed by atoms with Gasteiger partial charge in [0.25, 0.3) is 0 Å². The Balaban J connectivity index is 1.70. The Morgan fingerprint density at radius 1 is 1.15 bits per heavy atom. The van der Waals surface area contributed by atoms with Crippen LogP contribution in [0.4, 0.5) is 0 Å². The standard InChI is InChI=1S/C16H25N7O2S/c1-3-15-22-20-13-23(15)12-11-19-16(17-2)18-9-10-21-26(24,25)14-7-5-4-6-8-14/h4-8,13,21H,3,9-12H2,1-2H3,(H2,17,18,19). The summed E-state index contributed by atoms with van der Waals surface area (Å²) in [5, 5.41) is 14.2. The molecular weight excluding hydrogens is 354 g/mol. The molecule has 3 N–H and O–H groups in total. The van der Waals surface area contributed by atoms with E-state index in [0.717, 1.165) is 18.8 Å². The van der Waals surface area contributed by atoms with E-state index in [-0.39, 0.29) is 11.4 Å². The number of benzene rings is 1. The average molecular weight is 379 g/mol. The Labute approximate surface area is 154 Å². The molecule has 0 aliphatic rings. The zero-order valence-electron chi connectivity index (χ0n) is 15.0. The highest BCUT2D eigenvalue weighted by atomic mass is 32.2. The molecule has 1 aromatic heterocycles. The third kappa shape index (κ3) is 5.81. The Morgan fingerprint density at radius 3 is 2.58 bits per heavy atom. The summed E-state index contributed by atoms with van der Waals surface area (Å²) >= 11 is 0. The van der Waals surface area contributed by atoms with Crippen LogP contribution in [-0.2, 0) is 23.0 Å². The summed E-state index contributed by atoms with van der Waals surface area (Å²) in [6, 6.07) is 8.29. The number of nitrogens with one attached hydrogen (secondary N) is 3. The van der Waals surface area contributed by atoms with Crippen LogP contribution in [0.5, 0.6) is 0 Å². The number of rotatable bonds is 9. The van der Waals surface area contributed by atoms with E-state index >= 15 is 0 Å². The van der Waals surface area contributed by atoms with Crippen molar-refractivity contribution >= 4 is 16.0 Å². The minimum absolute atomic E-state index is 0.253. The molecule has 0 spiro atoms. The number of aliphatic imine (C=N–C) groups is 1. The third-order valence-electron chi connectivity index (χ3n) is 3.64. The number of nitrogens with zero attached hydrogens (tertiary/aromatic N) is 4. The summed E-state index contributed by atoms with van der Waals surface area (Å²) in [6.45, 7) is 4.07. The van der Waals surface area contributed by atoms with Crippen molar-refractivity contribution in [2.75, 3.05) is 26.7 Å². The number of hydrogen-bond donors (Lipinski definition) is 3. The zero-order valence-corrected chi connectivity index (χ0v) is 15.8. The van der Waals surface area contributed by atoms with Crippen molar-refractivity contribution in [3.8, 4) is 0 Å². The first-order valence-electron chi connectivity index (χ1n) is 8.42. The van der Waals surface area contributed by atoms with E-state index in [0.29, 0.717) is 19.0 Å². The molecule has 1 heterocycles. The predicted molar refractivity (Wildman–Crippen MR) is 100 cm³/mol. The lowest BCUT2D eigenvalue weighted by molar-refractivity contribution is 0.580. The molecule has 0 amide bonds. The number of aromatic nitrogens is 3. The topological polar surface area (TPSA) is 113 Å². The smallest absolute Gasteiger partial charge is 0.240 e. The van der Waals surface area contributed by atoms with Crippen LogP contribution in [0.2, 0.25) is 0 Å². The largest absolute Gasteiger partial charge is 0.355 e. The molecule has 0 radical (unpaired) electrons. The molecule has 2 rings (SSSR count). The number of sulfonamides is 1. The molecule has 0 bridgehead atoms. The molecule has 0 aliphatic heterocycles. The van der Waals surface area contributed by atoms with Crippen LogP contribution in [0.3, 0.4) is 0 Å². The molecule has 0 fully saturated rings. The van der Waals surface area contributed by atoms with Gasteiger partial charge in [-0.3, -0.25) is 4.99 Å². The van der Waals surface area contributed by atoms with Crippen molar-refractivity contribution in [2.45, 2.75) is 24.8 Å². The van der Waals surface area contributed by atoms with Gasteiger partial charge in [0.05, 0.1) is 4.90 Å². The van der Waals surface area contributed by atoms with Crippen molar-refractivity contribution in [1.82, 2.24) is 30.1 Å². The molecule has 142 valence electrons. The van der Waals surface area contributed by atoms with E-state index in [9.17, 15) is 8.42 Å². The molecule has 2 aromatic rings. The Bertz CT molecular complexity index is 803. The van der Waals surface area contributed by atoms with E-state index in [4.69, 9.17) is 0 Å². The Morgan fingerprint density at radius 2 is 1.88 bits per heavy atom. The molecule has 9 nitrogen and oxygen atoms in total. The maximum atomic E-state index is 12.1. The maximum Gasteiger partial charge on any atom is 0.240 e. The molecule has 26 heavy (non-hydrogen) atoms. The molecule has 0 unspecified atom stereocenters. The highest BCUT2D eigenvalue weighted by Gasteiger charge is 2.12. The second-order valence-corrected chi connectivity index (χ2v) is 7.20. The predicted octanol–water partition coefficient (Wildman–Crippen LogP) is -0.0160. The average Bonchev–Trinajstić information content (AvgIpc) is 3.12. The number of aryl methyl sites for hydroxylation is 1. The molecular formula is C16H25N7O2S. The number of guanidine groups is 1. The second-order valence-electron chi connectivity index (χ2n) is 5.43. The molecule has 0 aliphatic carbocycles. The van der Waals surface area contributed by atoms with Gasteiger partial charge in [0.15, 0.2) is 5.96 Å². The van der Waals surface area contributed by atoms with E-state index in [1.54, 1.807) is 43.7 Å². The van der Waals surface area contributed by atoms with Crippen molar-refractivity contribution < 1.29 is 8.42 Å². The van der Waals surface area contributed by atoms with E-state index in [1.807, 2.05) is 11.5 Å². The van der Waals surface area contributed by atoms with Gasteiger partial charge in [-0.15, -0.1) is 10.2 Å².